The van der Waals surface area contributed by atoms with Gasteiger partial charge in [-0.1, -0.05) is 13.8 Å². The Labute approximate surface area is 168 Å². The molecule has 4 aliphatic carbocycles. The van der Waals surface area contributed by atoms with Crippen LogP contribution < -0.4 is 0 Å². The molecule has 5 aliphatic rings. The van der Waals surface area contributed by atoms with Crippen LogP contribution in [-0.4, -0.2) is 34.0 Å². The summed E-state index contributed by atoms with van der Waals surface area (Å²) in [6, 6.07) is 0. The second-order valence-electron chi connectivity index (χ2n) is 11.5. The first kappa shape index (κ1) is 19.1. The van der Waals surface area contributed by atoms with Gasteiger partial charge < -0.3 is 14.9 Å². The minimum absolute atomic E-state index is 0.155. The SMILES string of the molecule is C[C@@]1(O)CC[C@@]2(C)[C@H](CC[C@@H]3[C@@H]2CC[C@]2(C)[C@@H](C4=CC(=O)OC4)CC[C@]32O)C1. The summed E-state index contributed by atoms with van der Waals surface area (Å²) in [5.41, 5.74) is 0.0389. The number of esters is 1. The van der Waals surface area contributed by atoms with Crippen LogP contribution in [0.4, 0.5) is 0 Å². The zero-order chi connectivity index (χ0) is 19.9. The standard InChI is InChI=1S/C24H36O4/c1-21(26)10-11-22(2)16(13-21)4-5-19-18(22)6-8-23(3)17(7-9-24(19,23)27)15-12-20(25)28-14-15/h12,16-19,26-27H,4-11,13-14H2,1-3H3/t16-,17-,18+,19-,21-,22+,23-,24+/m1/s1. The third-order valence-corrected chi connectivity index (χ3v) is 10.3. The highest BCUT2D eigenvalue weighted by molar-refractivity contribution is 5.85. The van der Waals surface area contributed by atoms with Gasteiger partial charge in [0.05, 0.1) is 11.2 Å². The van der Waals surface area contributed by atoms with Gasteiger partial charge in [0, 0.05) is 11.5 Å². The summed E-state index contributed by atoms with van der Waals surface area (Å²) in [5.74, 6) is 1.52. The first-order valence-electron chi connectivity index (χ1n) is 11.4. The van der Waals surface area contributed by atoms with E-state index < -0.39 is 11.2 Å². The van der Waals surface area contributed by atoms with Crippen LogP contribution in [0.5, 0.6) is 0 Å². The largest absolute Gasteiger partial charge is 0.458 e. The molecule has 0 radical (unpaired) electrons. The minimum Gasteiger partial charge on any atom is -0.458 e. The van der Waals surface area contributed by atoms with Crippen molar-refractivity contribution in [1.82, 2.24) is 0 Å². The van der Waals surface area contributed by atoms with E-state index in [2.05, 4.69) is 13.8 Å². The number of hydrogen-bond acceptors (Lipinski definition) is 4. The molecule has 0 aromatic carbocycles. The first-order chi connectivity index (χ1) is 13.1. The Balaban J connectivity index is 1.46. The molecule has 1 heterocycles. The maximum atomic E-state index is 12.2. The maximum Gasteiger partial charge on any atom is 0.331 e. The Morgan fingerprint density at radius 2 is 1.75 bits per heavy atom. The summed E-state index contributed by atoms with van der Waals surface area (Å²) in [4.78, 5) is 11.7. The molecule has 4 fully saturated rings. The topological polar surface area (TPSA) is 66.8 Å². The molecule has 0 aromatic heterocycles. The molecule has 4 saturated carbocycles. The smallest absolute Gasteiger partial charge is 0.331 e. The Kier molecular flexibility index (Phi) is 3.99. The highest BCUT2D eigenvalue weighted by Gasteiger charge is 2.68. The van der Waals surface area contributed by atoms with E-state index in [1.807, 2.05) is 6.92 Å². The van der Waals surface area contributed by atoms with Gasteiger partial charge in [-0.05, 0) is 99.4 Å². The van der Waals surface area contributed by atoms with Gasteiger partial charge in [0.2, 0.25) is 0 Å². The number of aliphatic hydroxyl groups is 2. The predicted octanol–water partition coefficient (Wildman–Crippen LogP) is 3.99. The average molecular weight is 389 g/mol. The highest BCUT2D eigenvalue weighted by Crippen LogP contribution is 2.70. The van der Waals surface area contributed by atoms with E-state index in [0.717, 1.165) is 63.4 Å². The number of carbonyl (C=O) groups excluding carboxylic acids is 1. The second-order valence-corrected chi connectivity index (χ2v) is 11.5. The molecule has 0 aromatic rings. The van der Waals surface area contributed by atoms with Gasteiger partial charge in [-0.25, -0.2) is 4.79 Å². The van der Waals surface area contributed by atoms with Gasteiger partial charge in [0.25, 0.3) is 0 Å². The van der Waals surface area contributed by atoms with Crippen LogP contribution in [0.25, 0.3) is 0 Å². The van der Waals surface area contributed by atoms with Crippen molar-refractivity contribution in [2.45, 2.75) is 89.8 Å². The Hall–Kier alpha value is -0.870. The molecule has 0 spiro atoms. The van der Waals surface area contributed by atoms with Crippen molar-refractivity contribution in [3.8, 4) is 0 Å². The molecule has 2 N–H and O–H groups in total. The Morgan fingerprint density at radius 1 is 0.964 bits per heavy atom. The molecule has 4 heteroatoms. The van der Waals surface area contributed by atoms with E-state index in [1.165, 1.54) is 0 Å². The molecule has 0 amide bonds. The average Bonchev–Trinajstić information content (AvgIpc) is 3.16. The van der Waals surface area contributed by atoms with Crippen molar-refractivity contribution >= 4 is 5.97 Å². The third kappa shape index (κ3) is 2.40. The number of rotatable bonds is 1. The van der Waals surface area contributed by atoms with Crippen LogP contribution >= 0.6 is 0 Å². The number of fused-ring (bicyclic) bond motifs is 5. The van der Waals surface area contributed by atoms with Gasteiger partial charge in [0.1, 0.15) is 6.61 Å². The molecule has 156 valence electrons. The number of ether oxygens (including phenoxy) is 1. The van der Waals surface area contributed by atoms with Gasteiger partial charge in [-0.3, -0.25) is 0 Å². The number of carbonyl (C=O) groups is 1. The molecule has 1 aliphatic heterocycles. The second kappa shape index (κ2) is 5.85. The molecule has 5 rings (SSSR count). The van der Waals surface area contributed by atoms with E-state index in [0.29, 0.717) is 24.4 Å². The van der Waals surface area contributed by atoms with Crippen molar-refractivity contribution in [3.63, 3.8) is 0 Å². The van der Waals surface area contributed by atoms with Crippen LogP contribution in [0, 0.1) is 34.5 Å². The maximum absolute atomic E-state index is 12.2. The molecule has 8 atom stereocenters. The van der Waals surface area contributed by atoms with Crippen molar-refractivity contribution in [3.05, 3.63) is 11.6 Å². The summed E-state index contributed by atoms with van der Waals surface area (Å²) in [7, 11) is 0. The van der Waals surface area contributed by atoms with E-state index in [-0.39, 0.29) is 22.7 Å². The first-order valence-corrected chi connectivity index (χ1v) is 11.4. The Morgan fingerprint density at radius 3 is 2.46 bits per heavy atom. The summed E-state index contributed by atoms with van der Waals surface area (Å²) >= 11 is 0. The summed E-state index contributed by atoms with van der Waals surface area (Å²) in [5, 5.41) is 22.8. The number of hydrogen-bond donors (Lipinski definition) is 2. The van der Waals surface area contributed by atoms with Crippen LogP contribution in [0.3, 0.4) is 0 Å². The fourth-order valence-electron chi connectivity index (χ4n) is 8.58. The predicted molar refractivity (Wildman–Crippen MR) is 106 cm³/mol. The van der Waals surface area contributed by atoms with Crippen LogP contribution in [0.1, 0.15) is 78.6 Å². The molecule has 0 bridgehead atoms. The van der Waals surface area contributed by atoms with E-state index >= 15 is 0 Å². The lowest BCUT2D eigenvalue weighted by molar-refractivity contribution is -0.213. The molecule has 0 saturated heterocycles. The molecular formula is C24H36O4. The fraction of sp³-hybridized carbons (Fsp3) is 0.875. The number of cyclic esters (lactones) is 1. The Bertz CT molecular complexity index is 726. The molecule has 0 unspecified atom stereocenters. The molecule has 4 nitrogen and oxygen atoms in total. The van der Waals surface area contributed by atoms with Crippen LogP contribution in [0.15, 0.2) is 11.6 Å². The summed E-state index contributed by atoms with van der Waals surface area (Å²) in [6.07, 6.45) is 10.8. The van der Waals surface area contributed by atoms with Gasteiger partial charge in [-0.2, -0.15) is 0 Å². The van der Waals surface area contributed by atoms with Crippen molar-refractivity contribution in [1.29, 1.82) is 0 Å². The van der Waals surface area contributed by atoms with Gasteiger partial charge in [0.15, 0.2) is 0 Å². The third-order valence-electron chi connectivity index (χ3n) is 10.3. The van der Waals surface area contributed by atoms with Gasteiger partial charge in [-0.15, -0.1) is 0 Å². The monoisotopic (exact) mass is 388 g/mol. The van der Waals surface area contributed by atoms with Crippen molar-refractivity contribution in [2.75, 3.05) is 6.61 Å². The normalized spacial score (nSPS) is 55.8. The zero-order valence-corrected chi connectivity index (χ0v) is 17.7. The van der Waals surface area contributed by atoms with E-state index in [1.54, 1.807) is 6.08 Å². The van der Waals surface area contributed by atoms with Gasteiger partial charge >= 0.3 is 5.97 Å². The summed E-state index contributed by atoms with van der Waals surface area (Å²) < 4.78 is 5.21. The minimum atomic E-state index is -0.638. The molecular weight excluding hydrogens is 352 g/mol. The quantitative estimate of drug-likeness (QED) is 0.667. The van der Waals surface area contributed by atoms with E-state index in [4.69, 9.17) is 4.74 Å². The van der Waals surface area contributed by atoms with Crippen molar-refractivity contribution in [2.24, 2.45) is 34.5 Å². The van der Waals surface area contributed by atoms with Crippen LogP contribution in [0.2, 0.25) is 0 Å². The lowest BCUT2D eigenvalue weighted by atomic mass is 9.42. The summed E-state index contributed by atoms with van der Waals surface area (Å²) in [6.45, 7) is 7.15. The highest BCUT2D eigenvalue weighted by atomic mass is 16.5. The zero-order valence-electron chi connectivity index (χ0n) is 17.7. The lowest BCUT2D eigenvalue weighted by Gasteiger charge is -2.64. The molecule has 28 heavy (non-hydrogen) atoms. The van der Waals surface area contributed by atoms with E-state index in [9.17, 15) is 15.0 Å². The van der Waals surface area contributed by atoms with Crippen molar-refractivity contribution < 1.29 is 19.7 Å². The lowest BCUT2D eigenvalue weighted by Crippen LogP contribution is -2.62. The fourth-order valence-corrected chi connectivity index (χ4v) is 8.58. The van der Waals surface area contributed by atoms with Crippen LogP contribution in [-0.2, 0) is 9.53 Å².